The average Bonchev–Trinajstić information content (AvgIpc) is 3.63. The first-order valence-corrected chi connectivity index (χ1v) is 13.6. The fourth-order valence-electron chi connectivity index (χ4n) is 5.80. The quantitative estimate of drug-likeness (QED) is 0.377. The van der Waals surface area contributed by atoms with Gasteiger partial charge in [0, 0.05) is 42.5 Å². The summed E-state index contributed by atoms with van der Waals surface area (Å²) in [4.78, 5) is 64.1. The summed E-state index contributed by atoms with van der Waals surface area (Å²) < 4.78 is 41.8. The van der Waals surface area contributed by atoms with Crippen LogP contribution in [0.1, 0.15) is 52.7 Å². The zero-order valence-electron chi connectivity index (χ0n) is 22.5. The summed E-state index contributed by atoms with van der Waals surface area (Å²) in [6, 6.07) is 7.19. The van der Waals surface area contributed by atoms with E-state index in [1.807, 2.05) is 0 Å². The molecule has 0 aromatic heterocycles. The Morgan fingerprint density at radius 2 is 1.86 bits per heavy atom. The molecule has 11 nitrogen and oxygen atoms in total. The van der Waals surface area contributed by atoms with E-state index >= 15 is 0 Å². The van der Waals surface area contributed by atoms with Crippen molar-refractivity contribution in [3.63, 3.8) is 0 Å². The number of nitrogens with one attached hydrogen (secondary N) is 3. The molecule has 2 atom stereocenters. The molecule has 6 amide bonds. The summed E-state index contributed by atoms with van der Waals surface area (Å²) in [7, 11) is 0. The number of rotatable bonds is 6. The van der Waals surface area contributed by atoms with Gasteiger partial charge in [-0.3, -0.25) is 29.4 Å². The van der Waals surface area contributed by atoms with Crippen molar-refractivity contribution >= 4 is 41.0 Å². The number of carbonyl (C=O) groups excluding carboxylic acids is 5. The number of anilines is 2. The van der Waals surface area contributed by atoms with Crippen LogP contribution in [0.15, 0.2) is 48.6 Å². The van der Waals surface area contributed by atoms with Crippen molar-refractivity contribution in [3.8, 4) is 0 Å². The normalized spacial score (nSPS) is 22.5. The predicted molar refractivity (Wildman–Crippen MR) is 144 cm³/mol. The van der Waals surface area contributed by atoms with Crippen LogP contribution in [0.3, 0.4) is 0 Å². The summed E-state index contributed by atoms with van der Waals surface area (Å²) in [5.41, 5.74) is -0.511. The van der Waals surface area contributed by atoms with E-state index in [1.165, 1.54) is 29.2 Å². The van der Waals surface area contributed by atoms with Crippen molar-refractivity contribution in [1.29, 1.82) is 0 Å². The van der Waals surface area contributed by atoms with Crippen molar-refractivity contribution in [1.82, 2.24) is 15.5 Å². The zero-order chi connectivity index (χ0) is 30.7. The number of amides is 6. The van der Waals surface area contributed by atoms with E-state index in [1.54, 1.807) is 18.2 Å². The lowest BCUT2D eigenvalue weighted by molar-refractivity contribution is -0.160. The molecule has 0 spiro atoms. The molecular formula is C29H26F3N5O6. The van der Waals surface area contributed by atoms with E-state index in [0.29, 0.717) is 16.7 Å². The molecule has 3 heterocycles. The summed E-state index contributed by atoms with van der Waals surface area (Å²) in [5.74, 6) is -1.85. The van der Waals surface area contributed by atoms with Crippen LogP contribution in [0.4, 0.5) is 29.3 Å². The van der Waals surface area contributed by atoms with Crippen LogP contribution in [-0.4, -0.2) is 58.1 Å². The van der Waals surface area contributed by atoms with Gasteiger partial charge in [0.2, 0.25) is 11.8 Å². The molecule has 1 aliphatic carbocycles. The Morgan fingerprint density at radius 3 is 2.51 bits per heavy atom. The highest BCUT2D eigenvalue weighted by Crippen LogP contribution is 2.59. The van der Waals surface area contributed by atoms with Crippen molar-refractivity contribution in [2.24, 2.45) is 0 Å². The van der Waals surface area contributed by atoms with Gasteiger partial charge in [-0.25, -0.2) is 4.79 Å². The number of halogens is 3. The lowest BCUT2D eigenvalue weighted by Crippen LogP contribution is -2.52. The Morgan fingerprint density at radius 1 is 1.09 bits per heavy atom. The molecule has 0 radical (unpaired) electrons. The van der Waals surface area contributed by atoms with Crippen molar-refractivity contribution in [3.05, 3.63) is 70.8 Å². The second-order valence-electron chi connectivity index (χ2n) is 11.0. The van der Waals surface area contributed by atoms with E-state index in [4.69, 9.17) is 0 Å². The first-order chi connectivity index (χ1) is 20.4. The second kappa shape index (κ2) is 10.2. The van der Waals surface area contributed by atoms with Crippen LogP contribution >= 0.6 is 0 Å². The van der Waals surface area contributed by atoms with Crippen molar-refractivity contribution in [2.45, 2.75) is 62.6 Å². The Hall–Kier alpha value is -4.72. The molecule has 4 aliphatic rings. The minimum atomic E-state index is -4.54. The van der Waals surface area contributed by atoms with E-state index < -0.39 is 41.7 Å². The summed E-state index contributed by atoms with van der Waals surface area (Å²) in [5, 5.41) is 17.6. The third-order valence-electron chi connectivity index (χ3n) is 8.25. The highest BCUT2D eigenvalue weighted by molar-refractivity contribution is 6.06. The highest BCUT2D eigenvalue weighted by Gasteiger charge is 2.64. The van der Waals surface area contributed by atoms with Gasteiger partial charge in [-0.2, -0.15) is 13.2 Å². The predicted octanol–water partition coefficient (Wildman–Crippen LogP) is 2.58. The van der Waals surface area contributed by atoms with E-state index in [9.17, 15) is 42.3 Å². The number of carbonyl (C=O) groups is 5. The Balaban J connectivity index is 1.15. The molecule has 2 unspecified atom stereocenters. The SMILES string of the molecule is O=C1CCC(N2Cc3cc(CNC(=O)Nc4cc(N5C(=O)C=CC5O)cc(C5(C(F)(F)F)CC5)c4)ccc3C2=O)C(=O)N1. The number of nitrogens with zero attached hydrogens (tertiary/aromatic N) is 2. The fourth-order valence-corrected chi connectivity index (χ4v) is 5.80. The van der Waals surface area contributed by atoms with Crippen LogP contribution in [0, 0.1) is 0 Å². The first-order valence-electron chi connectivity index (χ1n) is 13.6. The first kappa shape index (κ1) is 28.4. The summed E-state index contributed by atoms with van der Waals surface area (Å²) >= 11 is 0. The van der Waals surface area contributed by atoms with Crippen LogP contribution in [0.25, 0.3) is 0 Å². The monoisotopic (exact) mass is 597 g/mol. The van der Waals surface area contributed by atoms with E-state index in [-0.39, 0.29) is 67.5 Å². The molecule has 1 saturated heterocycles. The fraction of sp³-hybridized carbons (Fsp3) is 0.345. The van der Waals surface area contributed by atoms with Crippen LogP contribution in [0.2, 0.25) is 0 Å². The van der Waals surface area contributed by atoms with Gasteiger partial charge in [-0.1, -0.05) is 12.1 Å². The summed E-state index contributed by atoms with van der Waals surface area (Å²) in [6.07, 6.45) is -3.49. The largest absolute Gasteiger partial charge is 0.398 e. The third kappa shape index (κ3) is 5.11. The molecule has 2 aromatic rings. The van der Waals surface area contributed by atoms with Crippen LogP contribution in [-0.2, 0) is 32.9 Å². The molecule has 14 heteroatoms. The van der Waals surface area contributed by atoms with Crippen LogP contribution in [0.5, 0.6) is 0 Å². The number of aliphatic hydroxyl groups excluding tert-OH is 1. The number of hydrogen-bond donors (Lipinski definition) is 4. The van der Waals surface area contributed by atoms with Gasteiger partial charge < -0.3 is 20.6 Å². The maximum absolute atomic E-state index is 13.9. The van der Waals surface area contributed by atoms with Gasteiger partial charge >= 0.3 is 12.2 Å². The van der Waals surface area contributed by atoms with Gasteiger partial charge in [0.1, 0.15) is 6.04 Å². The Labute approximate surface area is 242 Å². The Kier molecular flexibility index (Phi) is 6.75. The van der Waals surface area contributed by atoms with E-state index in [0.717, 1.165) is 11.0 Å². The maximum atomic E-state index is 13.9. The smallest absolute Gasteiger partial charge is 0.369 e. The number of aliphatic hydroxyl groups is 1. The lowest BCUT2D eigenvalue weighted by Gasteiger charge is -2.29. The molecule has 2 fully saturated rings. The third-order valence-corrected chi connectivity index (χ3v) is 8.25. The number of urea groups is 1. The minimum Gasteiger partial charge on any atom is -0.369 e. The highest BCUT2D eigenvalue weighted by atomic mass is 19.4. The van der Waals surface area contributed by atoms with E-state index in [2.05, 4.69) is 16.0 Å². The second-order valence-corrected chi connectivity index (χ2v) is 11.0. The number of benzene rings is 2. The van der Waals surface area contributed by atoms with Gasteiger partial charge in [0.25, 0.3) is 11.8 Å². The van der Waals surface area contributed by atoms with Crippen LogP contribution < -0.4 is 20.9 Å². The lowest BCUT2D eigenvalue weighted by atomic mass is 9.94. The van der Waals surface area contributed by atoms with Gasteiger partial charge in [-0.05, 0) is 66.3 Å². The van der Waals surface area contributed by atoms with Crippen molar-refractivity contribution < 1.29 is 42.3 Å². The van der Waals surface area contributed by atoms with Gasteiger partial charge in [0.15, 0.2) is 6.23 Å². The standard InChI is InChI=1S/C29H26F3N5O6/c30-29(31,32)28(7-8-28)17-10-18(12-19(11-17)37-23(39)5-6-24(37)40)34-27(43)33-13-15-1-2-20-16(9-15)14-36(26(20)42)21-3-4-22(38)35-25(21)41/h1-2,5-6,9-12,21,23,39H,3-4,7-8,13-14H2,(H2,33,34,43)(H,35,38,41). The zero-order valence-corrected chi connectivity index (χ0v) is 22.5. The number of alkyl halides is 3. The molecule has 2 aromatic carbocycles. The molecule has 3 aliphatic heterocycles. The molecule has 0 bridgehead atoms. The van der Waals surface area contributed by atoms with Gasteiger partial charge in [-0.15, -0.1) is 0 Å². The minimum absolute atomic E-state index is 0.00635. The van der Waals surface area contributed by atoms with Crippen molar-refractivity contribution in [2.75, 3.05) is 10.2 Å². The maximum Gasteiger partial charge on any atom is 0.398 e. The average molecular weight is 598 g/mol. The van der Waals surface area contributed by atoms with Gasteiger partial charge in [0.05, 0.1) is 5.41 Å². The molecule has 1 saturated carbocycles. The molecule has 43 heavy (non-hydrogen) atoms. The number of hydrogen-bond acceptors (Lipinski definition) is 6. The molecule has 4 N–H and O–H groups in total. The summed E-state index contributed by atoms with van der Waals surface area (Å²) in [6.45, 7) is 0.172. The molecule has 6 rings (SSSR count). The molecular weight excluding hydrogens is 571 g/mol. The number of imide groups is 1. The molecule has 224 valence electrons. The number of piperidine rings is 1. The Bertz CT molecular complexity index is 1600. The topological polar surface area (TPSA) is 148 Å². The number of fused-ring (bicyclic) bond motifs is 1.